The number of nitrogens with zero attached hydrogens (tertiary/aromatic N) is 1. The zero-order valence-corrected chi connectivity index (χ0v) is 16.5. The molecule has 2 saturated heterocycles. The van der Waals surface area contributed by atoms with Crippen molar-refractivity contribution >= 4 is 17.7 Å². The van der Waals surface area contributed by atoms with E-state index in [0.717, 1.165) is 31.5 Å². The summed E-state index contributed by atoms with van der Waals surface area (Å²) < 4.78 is 0. The van der Waals surface area contributed by atoms with Crippen molar-refractivity contribution in [2.75, 3.05) is 13.1 Å². The number of hydrogen-bond acceptors (Lipinski definition) is 3. The second-order valence-corrected chi connectivity index (χ2v) is 8.07. The second-order valence-electron chi connectivity index (χ2n) is 8.07. The third-order valence-electron chi connectivity index (χ3n) is 6.36. The molecule has 29 heavy (non-hydrogen) atoms. The Balaban J connectivity index is 1.39. The van der Waals surface area contributed by atoms with Crippen LogP contribution in [0.5, 0.6) is 0 Å². The fourth-order valence-corrected chi connectivity index (χ4v) is 4.65. The highest BCUT2D eigenvalue weighted by Crippen LogP contribution is 2.37. The summed E-state index contributed by atoms with van der Waals surface area (Å²) >= 11 is 0. The Labute approximate surface area is 171 Å². The third kappa shape index (κ3) is 3.95. The molecular formula is C24H26N2O3. The lowest BCUT2D eigenvalue weighted by Crippen LogP contribution is -2.40. The van der Waals surface area contributed by atoms with Crippen LogP contribution in [0, 0.1) is 0 Å². The molecule has 0 aromatic heterocycles. The number of imide groups is 1. The molecule has 150 valence electrons. The molecule has 2 fully saturated rings. The molecule has 1 atom stereocenters. The fraction of sp³-hybridized carbons (Fsp3) is 0.375. The van der Waals surface area contributed by atoms with Gasteiger partial charge < -0.3 is 4.90 Å². The molecule has 0 saturated carbocycles. The van der Waals surface area contributed by atoms with E-state index in [9.17, 15) is 14.4 Å². The molecule has 5 heteroatoms. The van der Waals surface area contributed by atoms with Crippen molar-refractivity contribution in [1.82, 2.24) is 10.2 Å². The highest BCUT2D eigenvalue weighted by molar-refractivity contribution is 6.09. The Morgan fingerprint density at radius 2 is 1.59 bits per heavy atom. The molecule has 5 nitrogen and oxygen atoms in total. The number of rotatable bonds is 5. The molecule has 1 unspecified atom stereocenters. The van der Waals surface area contributed by atoms with Gasteiger partial charge >= 0.3 is 0 Å². The number of likely N-dealkylation sites (tertiary alicyclic amines) is 1. The molecule has 0 radical (unpaired) electrons. The van der Waals surface area contributed by atoms with E-state index in [-0.39, 0.29) is 30.6 Å². The lowest BCUT2D eigenvalue weighted by atomic mass is 9.75. The Hall–Kier alpha value is -2.95. The summed E-state index contributed by atoms with van der Waals surface area (Å²) in [5.74, 6) is 0.00683. The molecule has 0 spiro atoms. The minimum Gasteiger partial charge on any atom is -0.343 e. The average molecular weight is 390 g/mol. The van der Waals surface area contributed by atoms with E-state index < -0.39 is 5.41 Å². The van der Waals surface area contributed by atoms with Gasteiger partial charge in [-0.05, 0) is 36.3 Å². The summed E-state index contributed by atoms with van der Waals surface area (Å²) in [5, 5.41) is 2.43. The van der Waals surface area contributed by atoms with E-state index in [1.165, 1.54) is 5.56 Å². The summed E-state index contributed by atoms with van der Waals surface area (Å²) in [7, 11) is 0. The van der Waals surface area contributed by atoms with Crippen molar-refractivity contribution in [1.29, 1.82) is 0 Å². The molecule has 2 aromatic rings. The van der Waals surface area contributed by atoms with Gasteiger partial charge in [-0.15, -0.1) is 0 Å². The number of amides is 3. The molecule has 2 aliphatic rings. The summed E-state index contributed by atoms with van der Waals surface area (Å²) in [6.45, 7) is 1.48. The summed E-state index contributed by atoms with van der Waals surface area (Å²) in [4.78, 5) is 39.3. The number of carbonyl (C=O) groups is 3. The first kappa shape index (κ1) is 19.4. The fourth-order valence-electron chi connectivity index (χ4n) is 4.65. The molecule has 0 aliphatic carbocycles. The van der Waals surface area contributed by atoms with Crippen LogP contribution in [0.15, 0.2) is 60.7 Å². The molecule has 1 N–H and O–H groups in total. The molecule has 3 amide bonds. The van der Waals surface area contributed by atoms with Crippen LogP contribution >= 0.6 is 0 Å². The standard InChI is InChI=1S/C24H26N2O3/c27-21-17-24(23(29)25-21,20-9-5-2-6-10-20)14-11-22(28)26-15-12-19(13-16-26)18-7-3-1-4-8-18/h1-10,19H,11-17H2,(H,25,27,29). The average Bonchev–Trinajstić information content (AvgIpc) is 3.07. The van der Waals surface area contributed by atoms with Gasteiger partial charge in [-0.2, -0.15) is 0 Å². The van der Waals surface area contributed by atoms with Crippen molar-refractivity contribution in [3.63, 3.8) is 0 Å². The van der Waals surface area contributed by atoms with Crippen LogP contribution in [0.25, 0.3) is 0 Å². The predicted molar refractivity (Wildman–Crippen MR) is 110 cm³/mol. The van der Waals surface area contributed by atoms with Crippen LogP contribution in [-0.2, 0) is 19.8 Å². The molecule has 0 bridgehead atoms. The van der Waals surface area contributed by atoms with E-state index in [0.29, 0.717) is 12.3 Å². The van der Waals surface area contributed by atoms with Crippen molar-refractivity contribution < 1.29 is 14.4 Å². The first-order valence-corrected chi connectivity index (χ1v) is 10.3. The van der Waals surface area contributed by atoms with E-state index in [1.54, 1.807) is 0 Å². The topological polar surface area (TPSA) is 66.5 Å². The highest BCUT2D eigenvalue weighted by Gasteiger charge is 2.48. The Bertz CT molecular complexity index is 889. The maximum Gasteiger partial charge on any atom is 0.237 e. The van der Waals surface area contributed by atoms with Crippen molar-refractivity contribution in [2.24, 2.45) is 0 Å². The Morgan fingerprint density at radius 1 is 0.966 bits per heavy atom. The molecule has 2 heterocycles. The van der Waals surface area contributed by atoms with E-state index in [4.69, 9.17) is 0 Å². The van der Waals surface area contributed by atoms with Crippen molar-refractivity contribution in [3.8, 4) is 0 Å². The van der Waals surface area contributed by atoms with Gasteiger partial charge in [0.15, 0.2) is 0 Å². The minimum absolute atomic E-state index is 0.0685. The number of hydrogen-bond donors (Lipinski definition) is 1. The van der Waals surface area contributed by atoms with Crippen LogP contribution in [-0.4, -0.2) is 35.7 Å². The van der Waals surface area contributed by atoms with Gasteiger partial charge in [0.1, 0.15) is 0 Å². The maximum atomic E-state index is 12.9. The van der Waals surface area contributed by atoms with Crippen LogP contribution in [0.1, 0.15) is 49.1 Å². The number of piperidine rings is 1. The van der Waals surface area contributed by atoms with Gasteiger partial charge in [-0.25, -0.2) is 0 Å². The monoisotopic (exact) mass is 390 g/mol. The summed E-state index contributed by atoms with van der Waals surface area (Å²) in [5.41, 5.74) is 1.21. The number of nitrogens with one attached hydrogen (secondary N) is 1. The minimum atomic E-state index is -0.934. The highest BCUT2D eigenvalue weighted by atomic mass is 16.2. The van der Waals surface area contributed by atoms with Gasteiger partial charge in [0.25, 0.3) is 0 Å². The normalized spacial score (nSPS) is 22.6. The van der Waals surface area contributed by atoms with Crippen LogP contribution in [0.4, 0.5) is 0 Å². The summed E-state index contributed by atoms with van der Waals surface area (Å²) in [6, 6.07) is 19.8. The third-order valence-corrected chi connectivity index (χ3v) is 6.36. The number of benzene rings is 2. The van der Waals surface area contributed by atoms with Crippen molar-refractivity contribution in [2.45, 2.75) is 43.4 Å². The van der Waals surface area contributed by atoms with Gasteiger partial charge in [-0.3, -0.25) is 19.7 Å². The molecule has 4 rings (SSSR count). The molecule has 2 aliphatic heterocycles. The largest absolute Gasteiger partial charge is 0.343 e. The van der Waals surface area contributed by atoms with Gasteiger partial charge in [0.05, 0.1) is 5.41 Å². The van der Waals surface area contributed by atoms with Crippen molar-refractivity contribution in [3.05, 3.63) is 71.8 Å². The SMILES string of the molecule is O=C1CC(CCC(=O)N2CCC(c3ccccc3)CC2)(c2ccccc2)C(=O)N1. The van der Waals surface area contributed by atoms with Crippen LogP contribution < -0.4 is 5.32 Å². The van der Waals surface area contributed by atoms with Gasteiger partial charge in [0, 0.05) is 25.9 Å². The Kier molecular flexibility index (Phi) is 5.47. The van der Waals surface area contributed by atoms with Gasteiger partial charge in [-0.1, -0.05) is 60.7 Å². The van der Waals surface area contributed by atoms with E-state index >= 15 is 0 Å². The van der Waals surface area contributed by atoms with E-state index in [1.807, 2.05) is 41.3 Å². The first-order chi connectivity index (χ1) is 14.1. The predicted octanol–water partition coefficient (Wildman–Crippen LogP) is 3.16. The molecule has 2 aromatic carbocycles. The Morgan fingerprint density at radius 3 is 2.17 bits per heavy atom. The zero-order valence-electron chi connectivity index (χ0n) is 16.5. The zero-order chi connectivity index (χ0) is 20.3. The van der Waals surface area contributed by atoms with Gasteiger partial charge in [0.2, 0.25) is 17.7 Å². The van der Waals surface area contributed by atoms with E-state index in [2.05, 4.69) is 29.6 Å². The lowest BCUT2D eigenvalue weighted by Gasteiger charge is -2.33. The quantitative estimate of drug-likeness (QED) is 0.798. The maximum absolute atomic E-state index is 12.9. The summed E-state index contributed by atoms with van der Waals surface area (Å²) in [6.07, 6.45) is 2.65. The van der Waals surface area contributed by atoms with Crippen LogP contribution in [0.3, 0.4) is 0 Å². The number of carbonyl (C=O) groups excluding carboxylic acids is 3. The second kappa shape index (κ2) is 8.19. The molecular weight excluding hydrogens is 364 g/mol. The lowest BCUT2D eigenvalue weighted by molar-refractivity contribution is -0.133. The van der Waals surface area contributed by atoms with Crippen LogP contribution in [0.2, 0.25) is 0 Å². The first-order valence-electron chi connectivity index (χ1n) is 10.3. The smallest absolute Gasteiger partial charge is 0.237 e.